The fraction of sp³-hybridized carbons (Fsp3) is 0.526. The Morgan fingerprint density at radius 1 is 1.31 bits per heavy atom. The molecule has 3 aliphatic heterocycles. The van der Waals surface area contributed by atoms with Crippen LogP contribution < -0.4 is 10.6 Å². The lowest BCUT2D eigenvalue weighted by atomic mass is 9.94. The lowest BCUT2D eigenvalue weighted by Crippen LogP contribution is -2.55. The summed E-state index contributed by atoms with van der Waals surface area (Å²) in [5, 5.41) is 4.60. The van der Waals surface area contributed by atoms with Gasteiger partial charge in [-0.25, -0.2) is 4.99 Å². The second kappa shape index (κ2) is 7.89. The first-order valence-corrected chi connectivity index (χ1v) is 10.4. The van der Waals surface area contributed by atoms with Crippen LogP contribution in [0.4, 0.5) is 13.2 Å². The lowest BCUT2D eigenvalue weighted by molar-refractivity contribution is -0.178. The van der Waals surface area contributed by atoms with Crippen molar-refractivity contribution >= 4 is 28.7 Å². The number of amidine groups is 1. The second-order valence-electron chi connectivity index (χ2n) is 7.39. The number of thioether (sulfide) groups is 1. The number of piperidine rings is 1. The maximum atomic E-state index is 13.4. The molecule has 2 saturated heterocycles. The summed E-state index contributed by atoms with van der Waals surface area (Å²) in [5.41, 5.74) is 0.966. The summed E-state index contributed by atoms with van der Waals surface area (Å²) in [6, 6.07) is 7.92. The molecule has 2 N–H and O–H groups in total. The fourth-order valence-corrected chi connectivity index (χ4v) is 5.47. The van der Waals surface area contributed by atoms with Gasteiger partial charge in [-0.1, -0.05) is 42.1 Å². The molecule has 0 radical (unpaired) electrons. The molecule has 10 heteroatoms. The van der Waals surface area contributed by atoms with Gasteiger partial charge in [-0.2, -0.15) is 13.2 Å². The number of nitrogens with one attached hydrogen (secondary N) is 2. The highest BCUT2D eigenvalue weighted by Gasteiger charge is 2.55. The van der Waals surface area contributed by atoms with E-state index >= 15 is 0 Å². The predicted octanol–water partition coefficient (Wildman–Crippen LogP) is 1.92. The molecule has 29 heavy (non-hydrogen) atoms. The minimum Gasteiger partial charge on any atom is -0.354 e. The third-order valence-electron chi connectivity index (χ3n) is 5.49. The zero-order chi connectivity index (χ0) is 20.6. The molecule has 0 aliphatic carbocycles. The van der Waals surface area contributed by atoms with Gasteiger partial charge in [0.1, 0.15) is 12.1 Å². The topological polar surface area (TPSA) is 73.8 Å². The van der Waals surface area contributed by atoms with Gasteiger partial charge in [0.05, 0.1) is 11.2 Å². The number of carbonyl (C=O) groups excluding carboxylic acids is 2. The first kappa shape index (κ1) is 20.1. The summed E-state index contributed by atoms with van der Waals surface area (Å²) in [6.07, 6.45) is -3.07. The molecule has 4 atom stereocenters. The van der Waals surface area contributed by atoms with Crippen molar-refractivity contribution in [2.45, 2.75) is 42.9 Å². The molecule has 6 nitrogen and oxygen atoms in total. The monoisotopic (exact) mass is 426 g/mol. The number of halogens is 3. The van der Waals surface area contributed by atoms with E-state index in [4.69, 9.17) is 0 Å². The van der Waals surface area contributed by atoms with Crippen molar-refractivity contribution in [1.29, 1.82) is 0 Å². The maximum Gasteiger partial charge on any atom is 0.394 e. The Kier molecular flexibility index (Phi) is 5.46. The normalized spacial score (nSPS) is 29.3. The minimum absolute atomic E-state index is 0.179. The number of hydrogen-bond acceptors (Lipinski definition) is 5. The quantitative estimate of drug-likeness (QED) is 0.775. The van der Waals surface area contributed by atoms with E-state index in [9.17, 15) is 22.8 Å². The van der Waals surface area contributed by atoms with Crippen LogP contribution in [0, 0.1) is 5.92 Å². The average molecular weight is 426 g/mol. The number of carbonyl (C=O) groups is 2. The van der Waals surface area contributed by atoms with Gasteiger partial charge in [0.2, 0.25) is 11.8 Å². The first-order chi connectivity index (χ1) is 13.8. The molecular formula is C19H21F3N4O2S. The van der Waals surface area contributed by atoms with Crippen molar-refractivity contribution in [1.82, 2.24) is 15.5 Å². The van der Waals surface area contributed by atoms with E-state index in [1.165, 1.54) is 0 Å². The van der Waals surface area contributed by atoms with Crippen molar-refractivity contribution in [3.63, 3.8) is 0 Å². The van der Waals surface area contributed by atoms with Gasteiger partial charge in [0.25, 0.3) is 0 Å². The highest BCUT2D eigenvalue weighted by Crippen LogP contribution is 2.43. The average Bonchev–Trinajstić information content (AvgIpc) is 3.33. The van der Waals surface area contributed by atoms with E-state index in [-0.39, 0.29) is 5.91 Å². The smallest absolute Gasteiger partial charge is 0.354 e. The Morgan fingerprint density at radius 3 is 2.79 bits per heavy atom. The van der Waals surface area contributed by atoms with Gasteiger partial charge in [-0.05, 0) is 18.4 Å². The zero-order valence-corrected chi connectivity index (χ0v) is 16.3. The number of alkyl halides is 3. The Balaban J connectivity index is 1.45. The molecule has 156 valence electrons. The third-order valence-corrected chi connectivity index (χ3v) is 6.90. The van der Waals surface area contributed by atoms with E-state index < -0.39 is 41.9 Å². The van der Waals surface area contributed by atoms with Crippen molar-refractivity contribution in [2.75, 3.05) is 13.1 Å². The molecule has 1 aromatic carbocycles. The van der Waals surface area contributed by atoms with Crippen LogP contribution in [-0.4, -0.2) is 58.5 Å². The summed E-state index contributed by atoms with van der Waals surface area (Å²) in [7, 11) is 0. The van der Waals surface area contributed by atoms with Crippen LogP contribution in [-0.2, 0) is 16.1 Å². The molecule has 3 heterocycles. The standard InChI is InChI=1S/C19H21F3N4O2S/c20-19(21,22)12-10-24-17(28)14-15(12)29-18(25-14)26-8-4-7-13(26)16(27)23-9-11-5-2-1-3-6-11/h1-3,5-6,12-15H,4,7-10H2,(H,23,27)(H,24,28)/t12?,13-,14?,15?/m1/s1. The highest BCUT2D eigenvalue weighted by atomic mass is 32.2. The molecule has 3 unspecified atom stereocenters. The van der Waals surface area contributed by atoms with Crippen LogP contribution in [0.1, 0.15) is 18.4 Å². The minimum atomic E-state index is -4.41. The summed E-state index contributed by atoms with van der Waals surface area (Å²) < 4.78 is 40.2. The lowest BCUT2D eigenvalue weighted by Gasteiger charge is -2.33. The number of benzene rings is 1. The summed E-state index contributed by atoms with van der Waals surface area (Å²) >= 11 is 0.981. The van der Waals surface area contributed by atoms with Gasteiger partial charge in [0, 0.05) is 19.6 Å². The van der Waals surface area contributed by atoms with E-state index in [1.54, 1.807) is 4.90 Å². The van der Waals surface area contributed by atoms with Crippen LogP contribution in [0.3, 0.4) is 0 Å². The van der Waals surface area contributed by atoms with Crippen molar-refractivity contribution < 1.29 is 22.8 Å². The van der Waals surface area contributed by atoms with E-state index in [0.29, 0.717) is 24.7 Å². The summed E-state index contributed by atoms with van der Waals surface area (Å²) in [5.74, 6) is -2.31. The second-order valence-corrected chi connectivity index (χ2v) is 8.53. The number of fused-ring (bicyclic) bond motifs is 1. The molecule has 3 aliphatic rings. The first-order valence-electron chi connectivity index (χ1n) is 9.52. The molecule has 1 aromatic rings. The number of aliphatic imine (C=N–C) groups is 1. The molecular weight excluding hydrogens is 405 g/mol. The third kappa shape index (κ3) is 4.08. The van der Waals surface area contributed by atoms with Gasteiger partial charge >= 0.3 is 6.18 Å². The fourth-order valence-electron chi connectivity index (χ4n) is 3.97. The maximum absolute atomic E-state index is 13.4. The molecule has 0 spiro atoms. The van der Waals surface area contributed by atoms with E-state index in [1.807, 2.05) is 30.3 Å². The van der Waals surface area contributed by atoms with E-state index in [0.717, 1.165) is 23.7 Å². The zero-order valence-electron chi connectivity index (χ0n) is 15.5. The number of amides is 2. The van der Waals surface area contributed by atoms with Gasteiger partial charge in [0.15, 0.2) is 5.17 Å². The largest absolute Gasteiger partial charge is 0.394 e. The Morgan fingerprint density at radius 2 is 2.07 bits per heavy atom. The number of hydrogen-bond donors (Lipinski definition) is 2. The van der Waals surface area contributed by atoms with Crippen LogP contribution in [0.2, 0.25) is 0 Å². The van der Waals surface area contributed by atoms with Crippen LogP contribution >= 0.6 is 11.8 Å². The van der Waals surface area contributed by atoms with Crippen LogP contribution in [0.15, 0.2) is 35.3 Å². The van der Waals surface area contributed by atoms with Crippen LogP contribution in [0.5, 0.6) is 0 Å². The predicted molar refractivity (Wildman–Crippen MR) is 103 cm³/mol. The summed E-state index contributed by atoms with van der Waals surface area (Å²) in [4.78, 5) is 30.9. The van der Waals surface area contributed by atoms with Crippen molar-refractivity contribution in [2.24, 2.45) is 10.9 Å². The molecule has 0 aromatic heterocycles. The van der Waals surface area contributed by atoms with Gasteiger partial charge in [-0.3, -0.25) is 9.59 Å². The van der Waals surface area contributed by atoms with Gasteiger partial charge < -0.3 is 15.5 Å². The number of likely N-dealkylation sites (tertiary alicyclic amines) is 1. The SMILES string of the molecule is O=C1NCC(C(F)(F)F)C2SC(N3CCC[C@@H]3C(=O)NCc3ccccc3)=NC12. The molecule has 2 fully saturated rings. The molecule has 2 amide bonds. The summed E-state index contributed by atoms with van der Waals surface area (Å²) in [6.45, 7) is 0.487. The van der Waals surface area contributed by atoms with Gasteiger partial charge in [-0.15, -0.1) is 0 Å². The van der Waals surface area contributed by atoms with Crippen molar-refractivity contribution in [3.8, 4) is 0 Å². The molecule has 4 rings (SSSR count). The highest BCUT2D eigenvalue weighted by molar-refractivity contribution is 8.14. The number of rotatable bonds is 3. The molecule has 0 bridgehead atoms. The Bertz CT molecular complexity index is 817. The Hall–Kier alpha value is -2.23. The van der Waals surface area contributed by atoms with Crippen molar-refractivity contribution in [3.05, 3.63) is 35.9 Å². The van der Waals surface area contributed by atoms with Crippen LogP contribution in [0.25, 0.3) is 0 Å². The molecule has 0 saturated carbocycles. The van der Waals surface area contributed by atoms with E-state index in [2.05, 4.69) is 15.6 Å². The Labute approximate surface area is 170 Å². The number of nitrogens with zero attached hydrogens (tertiary/aromatic N) is 2.